The molecule has 2 heterocycles. The minimum absolute atomic E-state index is 0.0321. The molecule has 3 rings (SSSR count). The SMILES string of the molecule is CC(C)[C@@H](NC(=O)CN1CCC(NS(C)(=O)=O)CC1)c1ccc2c(c1)OCCCO2. The number of piperidine rings is 1. The van der Waals surface area contributed by atoms with Crippen LogP contribution in [0.1, 0.15) is 44.7 Å². The molecule has 1 aromatic rings. The van der Waals surface area contributed by atoms with Crippen LogP contribution < -0.4 is 19.5 Å². The second kappa shape index (κ2) is 9.98. The summed E-state index contributed by atoms with van der Waals surface area (Å²) in [7, 11) is -3.20. The summed E-state index contributed by atoms with van der Waals surface area (Å²) in [6.07, 6.45) is 3.44. The van der Waals surface area contributed by atoms with Crippen molar-refractivity contribution in [2.75, 3.05) is 39.1 Å². The first kappa shape index (κ1) is 22.8. The summed E-state index contributed by atoms with van der Waals surface area (Å²) in [5, 5.41) is 3.16. The number of nitrogens with zero attached hydrogens (tertiary/aromatic N) is 1. The maximum atomic E-state index is 12.7. The lowest BCUT2D eigenvalue weighted by molar-refractivity contribution is -0.123. The number of sulfonamides is 1. The minimum atomic E-state index is -3.20. The highest BCUT2D eigenvalue weighted by Crippen LogP contribution is 2.34. The fraction of sp³-hybridized carbons (Fsp3) is 0.667. The number of likely N-dealkylation sites (tertiary alicyclic amines) is 1. The Morgan fingerprint density at radius 3 is 2.47 bits per heavy atom. The van der Waals surface area contributed by atoms with Gasteiger partial charge in [-0.2, -0.15) is 0 Å². The van der Waals surface area contributed by atoms with E-state index in [2.05, 4.69) is 28.8 Å². The van der Waals surface area contributed by atoms with Crippen molar-refractivity contribution < 1.29 is 22.7 Å². The standard InChI is InChI=1S/C21H33N3O5S/c1-15(2)21(16-5-6-18-19(13-16)29-12-4-11-28-18)22-20(25)14-24-9-7-17(8-10-24)23-30(3,26)27/h5-6,13,15,17,21,23H,4,7-12,14H2,1-3H3,(H,22,25)/t21-/m1/s1. The number of carbonyl (C=O) groups is 1. The molecular weight excluding hydrogens is 406 g/mol. The minimum Gasteiger partial charge on any atom is -0.490 e. The normalized spacial score (nSPS) is 19.3. The van der Waals surface area contributed by atoms with Crippen molar-refractivity contribution in [3.8, 4) is 11.5 Å². The molecule has 1 atom stereocenters. The van der Waals surface area contributed by atoms with Gasteiger partial charge in [-0.25, -0.2) is 13.1 Å². The molecule has 0 radical (unpaired) electrons. The van der Waals surface area contributed by atoms with Crippen LogP contribution in [0.5, 0.6) is 11.5 Å². The van der Waals surface area contributed by atoms with E-state index in [1.165, 1.54) is 6.26 Å². The Balaban J connectivity index is 1.57. The Hall–Kier alpha value is -1.84. The van der Waals surface area contributed by atoms with Crippen LogP contribution in [0.2, 0.25) is 0 Å². The van der Waals surface area contributed by atoms with Crippen molar-refractivity contribution in [1.82, 2.24) is 14.9 Å². The molecule has 0 aliphatic carbocycles. The molecule has 9 heteroatoms. The van der Waals surface area contributed by atoms with Crippen molar-refractivity contribution in [3.05, 3.63) is 23.8 Å². The molecule has 1 aromatic carbocycles. The van der Waals surface area contributed by atoms with E-state index in [0.29, 0.717) is 45.7 Å². The zero-order chi connectivity index (χ0) is 21.7. The molecule has 2 aliphatic heterocycles. The molecule has 1 amide bonds. The van der Waals surface area contributed by atoms with Crippen LogP contribution in [0.15, 0.2) is 18.2 Å². The summed E-state index contributed by atoms with van der Waals surface area (Å²) in [6.45, 7) is 7.12. The molecule has 1 saturated heterocycles. The second-order valence-electron chi connectivity index (χ2n) is 8.49. The first-order valence-electron chi connectivity index (χ1n) is 10.6. The summed E-state index contributed by atoms with van der Waals surface area (Å²) in [6, 6.07) is 5.69. The van der Waals surface area contributed by atoms with E-state index in [1.807, 2.05) is 18.2 Å². The first-order valence-corrected chi connectivity index (χ1v) is 12.5. The Labute approximate surface area is 179 Å². The van der Waals surface area contributed by atoms with E-state index < -0.39 is 10.0 Å². The van der Waals surface area contributed by atoms with E-state index in [-0.39, 0.29) is 23.9 Å². The quantitative estimate of drug-likeness (QED) is 0.671. The molecule has 2 aliphatic rings. The van der Waals surface area contributed by atoms with Crippen molar-refractivity contribution in [3.63, 3.8) is 0 Å². The fourth-order valence-corrected chi connectivity index (χ4v) is 4.78. The molecule has 0 unspecified atom stereocenters. The highest BCUT2D eigenvalue weighted by atomic mass is 32.2. The van der Waals surface area contributed by atoms with Crippen molar-refractivity contribution in [2.45, 2.75) is 45.2 Å². The van der Waals surface area contributed by atoms with Crippen molar-refractivity contribution in [2.24, 2.45) is 5.92 Å². The predicted molar refractivity (Wildman–Crippen MR) is 115 cm³/mol. The van der Waals surface area contributed by atoms with Crippen LogP contribution in [-0.4, -0.2) is 64.4 Å². The third kappa shape index (κ3) is 6.58. The largest absolute Gasteiger partial charge is 0.490 e. The summed E-state index contributed by atoms with van der Waals surface area (Å²) < 4.78 is 36.9. The van der Waals surface area contributed by atoms with Crippen LogP contribution >= 0.6 is 0 Å². The van der Waals surface area contributed by atoms with Gasteiger partial charge in [0, 0.05) is 25.6 Å². The van der Waals surface area contributed by atoms with Crippen molar-refractivity contribution in [1.29, 1.82) is 0 Å². The Morgan fingerprint density at radius 1 is 1.17 bits per heavy atom. The van der Waals surface area contributed by atoms with Gasteiger partial charge in [0.2, 0.25) is 15.9 Å². The van der Waals surface area contributed by atoms with E-state index in [1.54, 1.807) is 0 Å². The van der Waals surface area contributed by atoms with Gasteiger partial charge in [0.05, 0.1) is 32.1 Å². The number of rotatable bonds is 7. The van der Waals surface area contributed by atoms with E-state index in [9.17, 15) is 13.2 Å². The van der Waals surface area contributed by atoms with Crippen molar-refractivity contribution >= 4 is 15.9 Å². The number of carbonyl (C=O) groups excluding carboxylic acids is 1. The molecule has 30 heavy (non-hydrogen) atoms. The van der Waals surface area contributed by atoms with Crippen LogP contribution in [0.3, 0.4) is 0 Å². The molecule has 2 N–H and O–H groups in total. The molecule has 0 spiro atoms. The maximum absolute atomic E-state index is 12.7. The summed E-state index contributed by atoms with van der Waals surface area (Å²) >= 11 is 0. The Bertz CT molecular complexity index is 835. The van der Waals surface area contributed by atoms with E-state index >= 15 is 0 Å². The van der Waals surface area contributed by atoms with Gasteiger partial charge in [-0.15, -0.1) is 0 Å². The zero-order valence-electron chi connectivity index (χ0n) is 18.0. The van der Waals surface area contributed by atoms with Crippen LogP contribution in [0, 0.1) is 5.92 Å². The van der Waals surface area contributed by atoms with E-state index in [0.717, 1.165) is 23.5 Å². The highest BCUT2D eigenvalue weighted by Gasteiger charge is 2.25. The number of hydrogen-bond acceptors (Lipinski definition) is 6. The van der Waals surface area contributed by atoms with Gasteiger partial charge in [-0.1, -0.05) is 19.9 Å². The van der Waals surface area contributed by atoms with Crippen LogP contribution in [0.4, 0.5) is 0 Å². The van der Waals surface area contributed by atoms with Gasteiger partial charge in [-0.05, 0) is 36.5 Å². The number of ether oxygens (including phenoxy) is 2. The maximum Gasteiger partial charge on any atom is 0.234 e. The lowest BCUT2D eigenvalue weighted by Gasteiger charge is -2.32. The molecule has 8 nitrogen and oxygen atoms in total. The van der Waals surface area contributed by atoms with Gasteiger partial charge in [-0.3, -0.25) is 9.69 Å². The van der Waals surface area contributed by atoms with Gasteiger partial charge in [0.1, 0.15) is 0 Å². The summed E-state index contributed by atoms with van der Waals surface area (Å²) in [4.78, 5) is 14.8. The third-order valence-corrected chi connectivity index (χ3v) is 6.21. The third-order valence-electron chi connectivity index (χ3n) is 5.45. The first-order chi connectivity index (χ1) is 14.2. The van der Waals surface area contributed by atoms with Crippen LogP contribution in [-0.2, 0) is 14.8 Å². The number of benzene rings is 1. The number of fused-ring (bicyclic) bond motifs is 1. The number of nitrogens with one attached hydrogen (secondary N) is 2. The summed E-state index contributed by atoms with van der Waals surface area (Å²) in [5.74, 6) is 1.65. The highest BCUT2D eigenvalue weighted by molar-refractivity contribution is 7.88. The van der Waals surface area contributed by atoms with Crippen LogP contribution in [0.25, 0.3) is 0 Å². The topological polar surface area (TPSA) is 97.0 Å². The lowest BCUT2D eigenvalue weighted by atomic mass is 9.95. The predicted octanol–water partition coefficient (Wildman–Crippen LogP) is 1.67. The number of hydrogen-bond donors (Lipinski definition) is 2. The molecule has 1 fully saturated rings. The molecule has 0 bridgehead atoms. The zero-order valence-corrected chi connectivity index (χ0v) is 18.8. The molecule has 168 valence electrons. The average Bonchev–Trinajstić information content (AvgIpc) is 2.91. The molecular formula is C21H33N3O5S. The molecule has 0 saturated carbocycles. The summed E-state index contributed by atoms with van der Waals surface area (Å²) in [5.41, 5.74) is 0.999. The molecule has 0 aromatic heterocycles. The fourth-order valence-electron chi connectivity index (χ4n) is 3.94. The lowest BCUT2D eigenvalue weighted by Crippen LogP contribution is -2.47. The van der Waals surface area contributed by atoms with Gasteiger partial charge in [0.25, 0.3) is 0 Å². The Kier molecular flexibility index (Phi) is 7.60. The van der Waals surface area contributed by atoms with Gasteiger partial charge >= 0.3 is 0 Å². The number of amides is 1. The van der Waals surface area contributed by atoms with Gasteiger partial charge in [0.15, 0.2) is 11.5 Å². The van der Waals surface area contributed by atoms with Gasteiger partial charge < -0.3 is 14.8 Å². The Morgan fingerprint density at radius 2 is 1.83 bits per heavy atom. The average molecular weight is 440 g/mol. The second-order valence-corrected chi connectivity index (χ2v) is 10.3. The monoisotopic (exact) mass is 439 g/mol. The van der Waals surface area contributed by atoms with E-state index in [4.69, 9.17) is 9.47 Å². The smallest absolute Gasteiger partial charge is 0.234 e.